The summed E-state index contributed by atoms with van der Waals surface area (Å²) in [5, 5.41) is 19.5. The van der Waals surface area contributed by atoms with Crippen molar-refractivity contribution in [2.24, 2.45) is 0 Å². The average Bonchev–Trinajstić information content (AvgIpc) is 3.38. The van der Waals surface area contributed by atoms with Crippen molar-refractivity contribution in [1.29, 1.82) is 0 Å². The van der Waals surface area contributed by atoms with Gasteiger partial charge in [0, 0.05) is 40.8 Å². The smallest absolute Gasteiger partial charge is 0.160 e. The fourth-order valence-electron chi connectivity index (χ4n) is 10.0. The van der Waals surface area contributed by atoms with Crippen LogP contribution in [-0.2, 0) is 0 Å². The van der Waals surface area contributed by atoms with Gasteiger partial charge in [0.05, 0.1) is 17.1 Å². The number of nitrogens with zero attached hydrogens (tertiary/aromatic N) is 4. The number of rotatable bonds is 4. The predicted octanol–water partition coefficient (Wildman–Crippen LogP) is 15.7. The summed E-state index contributed by atoms with van der Waals surface area (Å²) in [6.07, 6.45) is 5.52. The van der Waals surface area contributed by atoms with Gasteiger partial charge < -0.3 is 0 Å². The number of hydrogen-bond donors (Lipinski definition) is 0. The van der Waals surface area contributed by atoms with Gasteiger partial charge in [0.15, 0.2) is 5.82 Å². The first-order valence-corrected chi connectivity index (χ1v) is 21.7. The van der Waals surface area contributed by atoms with Crippen LogP contribution >= 0.6 is 0 Å². The Morgan fingerprint density at radius 1 is 0.266 bits per heavy atom. The molecule has 0 fully saturated rings. The highest BCUT2D eigenvalue weighted by molar-refractivity contribution is 6.36. The molecule has 13 aromatic rings. The minimum atomic E-state index is 0.656. The van der Waals surface area contributed by atoms with E-state index < -0.39 is 0 Å². The molecule has 296 valence electrons. The third-order valence-electron chi connectivity index (χ3n) is 12.9. The molecule has 0 saturated carbocycles. The van der Waals surface area contributed by atoms with E-state index in [0.717, 1.165) is 50.1 Å². The third-order valence-corrected chi connectivity index (χ3v) is 12.9. The van der Waals surface area contributed by atoms with E-state index in [4.69, 9.17) is 15.0 Å². The highest BCUT2D eigenvalue weighted by Gasteiger charge is 2.17. The summed E-state index contributed by atoms with van der Waals surface area (Å²) in [6.45, 7) is 0. The zero-order valence-electron chi connectivity index (χ0n) is 34.6. The van der Waals surface area contributed by atoms with Gasteiger partial charge in [-0.3, -0.25) is 9.97 Å². The Labute approximate surface area is 368 Å². The lowest BCUT2D eigenvalue weighted by atomic mass is 9.87. The highest BCUT2D eigenvalue weighted by Crippen LogP contribution is 2.44. The number of pyridine rings is 2. The predicted molar refractivity (Wildman–Crippen MR) is 268 cm³/mol. The van der Waals surface area contributed by atoms with Gasteiger partial charge in [-0.2, -0.15) is 0 Å². The number of hydrogen-bond acceptors (Lipinski definition) is 4. The Balaban J connectivity index is 1.18. The van der Waals surface area contributed by atoms with Gasteiger partial charge >= 0.3 is 0 Å². The Morgan fingerprint density at radius 2 is 0.828 bits per heavy atom. The van der Waals surface area contributed by atoms with Crippen LogP contribution in [0.2, 0.25) is 0 Å². The normalized spacial score (nSPS) is 11.8. The van der Waals surface area contributed by atoms with E-state index in [-0.39, 0.29) is 0 Å². The van der Waals surface area contributed by atoms with E-state index in [1.807, 2.05) is 48.8 Å². The summed E-state index contributed by atoms with van der Waals surface area (Å²) in [7, 11) is 0. The second kappa shape index (κ2) is 14.5. The van der Waals surface area contributed by atoms with Crippen LogP contribution in [0.1, 0.15) is 0 Å². The van der Waals surface area contributed by atoms with Crippen LogP contribution in [0.5, 0.6) is 0 Å². The van der Waals surface area contributed by atoms with Crippen molar-refractivity contribution in [2.45, 2.75) is 0 Å². The number of fused-ring (bicyclic) bond motifs is 11. The molecule has 0 radical (unpaired) electrons. The lowest BCUT2D eigenvalue weighted by Gasteiger charge is -2.16. The monoisotopic (exact) mass is 812 g/mol. The Morgan fingerprint density at radius 3 is 1.50 bits per heavy atom. The fourth-order valence-corrected chi connectivity index (χ4v) is 10.0. The zero-order chi connectivity index (χ0) is 42.1. The summed E-state index contributed by atoms with van der Waals surface area (Å²) < 4.78 is 0. The molecule has 0 N–H and O–H groups in total. The molecule has 0 aliphatic rings. The van der Waals surface area contributed by atoms with E-state index in [9.17, 15) is 0 Å². The molecule has 0 aliphatic carbocycles. The molecule has 13 rings (SSSR count). The average molecular weight is 813 g/mol. The standard InChI is InChI=1S/C60H36N4/c1-2-12-39(13-3-1)60-63-55(34-56(64-60)43-27-30-54(62-36-43)42-16-11-31-61-35-42)40-26-28-49-47-20-7-5-18-45(47)44-17-4-6-19-46(44)48-21-8-9-22-50(48)59-51-29-25-38-15-10-14-37-23-24-41(58(51)57(37)38)33-53(59)52(49)32-40/h1-36H. The second-order valence-corrected chi connectivity index (χ2v) is 16.6. The first-order chi connectivity index (χ1) is 31.7. The first-order valence-electron chi connectivity index (χ1n) is 21.7. The molecule has 3 aromatic heterocycles. The summed E-state index contributed by atoms with van der Waals surface area (Å²) >= 11 is 0. The lowest BCUT2D eigenvalue weighted by Crippen LogP contribution is -1.96. The van der Waals surface area contributed by atoms with Crippen LogP contribution in [0.4, 0.5) is 0 Å². The van der Waals surface area contributed by atoms with Crippen molar-refractivity contribution in [3.8, 4) is 45.2 Å². The summed E-state index contributed by atoms with van der Waals surface area (Å²) in [4.78, 5) is 19.7. The van der Waals surface area contributed by atoms with E-state index >= 15 is 0 Å². The molecule has 4 nitrogen and oxygen atoms in total. The molecular formula is C60H36N4. The molecule has 0 atom stereocenters. The van der Waals surface area contributed by atoms with E-state index in [0.29, 0.717) is 5.82 Å². The quantitative estimate of drug-likeness (QED) is 0.166. The molecule has 0 aliphatic heterocycles. The minimum Gasteiger partial charge on any atom is -0.264 e. The van der Waals surface area contributed by atoms with Crippen molar-refractivity contribution in [1.82, 2.24) is 19.9 Å². The first kappa shape index (κ1) is 36.1. The largest absolute Gasteiger partial charge is 0.264 e. The molecule has 64 heavy (non-hydrogen) atoms. The molecule has 0 amide bonds. The van der Waals surface area contributed by atoms with E-state index in [2.05, 4.69) is 169 Å². The van der Waals surface area contributed by atoms with Crippen LogP contribution in [-0.4, -0.2) is 19.9 Å². The van der Waals surface area contributed by atoms with Gasteiger partial charge in [-0.15, -0.1) is 0 Å². The third kappa shape index (κ3) is 5.77. The van der Waals surface area contributed by atoms with Crippen LogP contribution in [0, 0.1) is 0 Å². The van der Waals surface area contributed by atoms with E-state index in [1.165, 1.54) is 75.4 Å². The van der Waals surface area contributed by atoms with Gasteiger partial charge in [0.25, 0.3) is 0 Å². The van der Waals surface area contributed by atoms with Gasteiger partial charge in [-0.05, 0) is 129 Å². The second-order valence-electron chi connectivity index (χ2n) is 16.6. The summed E-state index contributed by atoms with van der Waals surface area (Å²) in [5.41, 5.74) is 6.31. The van der Waals surface area contributed by atoms with Crippen LogP contribution in [0.3, 0.4) is 0 Å². The molecule has 0 saturated heterocycles. The number of benzene rings is 9. The maximum Gasteiger partial charge on any atom is 0.160 e. The fraction of sp³-hybridized carbons (Fsp3) is 0. The molecule has 0 unspecified atom stereocenters. The SMILES string of the molecule is c1ccc(-c2nc(-c3ccc(-c4cccnc4)nc3)cc(-c3ccc4c5ccccc5c5ccccc5c5ccccc5c5c(cc6ccc7cccc8ccc5c6c78)c4c3)n2)cc1. The van der Waals surface area contributed by atoms with Crippen molar-refractivity contribution in [3.05, 3.63) is 219 Å². The van der Waals surface area contributed by atoms with Crippen molar-refractivity contribution >= 4 is 86.2 Å². The van der Waals surface area contributed by atoms with Gasteiger partial charge in [0.2, 0.25) is 0 Å². The molecule has 4 heteroatoms. The maximum absolute atomic E-state index is 5.33. The Bertz CT molecular complexity index is 4040. The number of aromatic nitrogens is 4. The van der Waals surface area contributed by atoms with Crippen LogP contribution in [0.15, 0.2) is 219 Å². The zero-order valence-corrected chi connectivity index (χ0v) is 34.6. The van der Waals surface area contributed by atoms with Crippen LogP contribution < -0.4 is 0 Å². The minimum absolute atomic E-state index is 0.656. The van der Waals surface area contributed by atoms with E-state index in [1.54, 1.807) is 6.20 Å². The topological polar surface area (TPSA) is 51.6 Å². The summed E-state index contributed by atoms with van der Waals surface area (Å²) in [5.74, 6) is 0.656. The van der Waals surface area contributed by atoms with Gasteiger partial charge in [-0.1, -0.05) is 158 Å². The van der Waals surface area contributed by atoms with Crippen molar-refractivity contribution in [2.75, 3.05) is 0 Å². The van der Waals surface area contributed by atoms with Crippen LogP contribution in [0.25, 0.3) is 131 Å². The highest BCUT2D eigenvalue weighted by atomic mass is 14.9. The van der Waals surface area contributed by atoms with Crippen molar-refractivity contribution in [3.63, 3.8) is 0 Å². The molecule has 3 heterocycles. The summed E-state index contributed by atoms with van der Waals surface area (Å²) in [6, 6.07) is 72.4. The Hall–Kier alpha value is -8.60. The molecule has 0 bridgehead atoms. The van der Waals surface area contributed by atoms with Gasteiger partial charge in [-0.25, -0.2) is 9.97 Å². The molecular weight excluding hydrogens is 777 g/mol. The maximum atomic E-state index is 5.33. The van der Waals surface area contributed by atoms with Crippen molar-refractivity contribution < 1.29 is 0 Å². The van der Waals surface area contributed by atoms with Gasteiger partial charge in [0.1, 0.15) is 0 Å². The lowest BCUT2D eigenvalue weighted by molar-refractivity contribution is 1.18. The Kier molecular flexibility index (Phi) is 8.18. The molecule has 10 aromatic carbocycles. The molecule has 0 spiro atoms.